The number of benzene rings is 1. The Morgan fingerprint density at radius 3 is 2.70 bits per heavy atom. The van der Waals surface area contributed by atoms with Gasteiger partial charge in [-0.2, -0.15) is 0 Å². The maximum absolute atomic E-state index is 12.9. The summed E-state index contributed by atoms with van der Waals surface area (Å²) in [5.41, 5.74) is 3.46. The summed E-state index contributed by atoms with van der Waals surface area (Å²) in [5, 5.41) is 0. The molecule has 154 valence electrons. The van der Waals surface area contributed by atoms with E-state index in [4.69, 9.17) is 4.74 Å². The fourth-order valence-corrected chi connectivity index (χ4v) is 5.06. The fourth-order valence-electron chi connectivity index (χ4n) is 5.06. The molecule has 6 heteroatoms. The third kappa shape index (κ3) is 3.36. The van der Waals surface area contributed by atoms with Gasteiger partial charge in [-0.1, -0.05) is 18.2 Å². The van der Waals surface area contributed by atoms with E-state index in [1.165, 1.54) is 5.56 Å². The number of hydrogen-bond donors (Lipinski definition) is 0. The van der Waals surface area contributed by atoms with Crippen LogP contribution in [-0.4, -0.2) is 34.7 Å². The average molecular weight is 402 g/mol. The molecule has 0 saturated carbocycles. The van der Waals surface area contributed by atoms with Crippen molar-refractivity contribution in [2.24, 2.45) is 5.92 Å². The highest BCUT2D eigenvalue weighted by Gasteiger charge is 2.41. The lowest BCUT2D eigenvalue weighted by Crippen LogP contribution is -2.50. The summed E-state index contributed by atoms with van der Waals surface area (Å²) in [7, 11) is 1.69. The van der Waals surface area contributed by atoms with Crippen molar-refractivity contribution in [3.05, 3.63) is 82.0 Å². The Morgan fingerprint density at radius 2 is 1.90 bits per heavy atom. The minimum atomic E-state index is 0.0927. The predicted molar refractivity (Wildman–Crippen MR) is 116 cm³/mol. The first kappa shape index (κ1) is 18.9. The highest BCUT2D eigenvalue weighted by molar-refractivity contribution is 5.36. The van der Waals surface area contributed by atoms with Crippen LogP contribution in [-0.2, 0) is 6.42 Å². The van der Waals surface area contributed by atoms with E-state index in [0.717, 1.165) is 48.9 Å². The highest BCUT2D eigenvalue weighted by atomic mass is 16.5. The molecule has 1 aromatic carbocycles. The number of methoxy groups -OCH3 is 1. The number of nitrogens with zero attached hydrogens (tertiary/aromatic N) is 4. The van der Waals surface area contributed by atoms with Crippen molar-refractivity contribution in [1.29, 1.82) is 0 Å². The molecule has 0 spiro atoms. The number of hydrogen-bond acceptors (Lipinski definition) is 5. The van der Waals surface area contributed by atoms with Crippen LogP contribution in [0.5, 0.6) is 5.75 Å². The summed E-state index contributed by atoms with van der Waals surface area (Å²) in [6, 6.07) is 13.9. The van der Waals surface area contributed by atoms with Gasteiger partial charge in [0.25, 0.3) is 5.56 Å². The van der Waals surface area contributed by atoms with Crippen molar-refractivity contribution in [2.75, 3.05) is 25.1 Å². The van der Waals surface area contributed by atoms with Gasteiger partial charge in [0.1, 0.15) is 5.75 Å². The summed E-state index contributed by atoms with van der Waals surface area (Å²) < 4.78 is 7.46. The van der Waals surface area contributed by atoms with E-state index in [0.29, 0.717) is 11.8 Å². The van der Waals surface area contributed by atoms with Gasteiger partial charge in [0.15, 0.2) is 0 Å². The molecule has 2 aliphatic heterocycles. The van der Waals surface area contributed by atoms with Crippen LogP contribution in [0, 0.1) is 12.8 Å². The summed E-state index contributed by atoms with van der Waals surface area (Å²) in [6.45, 7) is 3.70. The summed E-state index contributed by atoms with van der Waals surface area (Å²) in [4.78, 5) is 24.3. The van der Waals surface area contributed by atoms with Crippen molar-refractivity contribution in [2.45, 2.75) is 31.7 Å². The standard InChI is InChI=1S/C24H26N4O2/c1-16-12-25-24(26-13-16)27-14-18-11-19(15-27)22(28-21(18)7-4-8-23(28)29)10-17-5-3-6-20(9-17)30-2/h3-9,12-13,18-19,22H,10-11,14-15H2,1-2H3/t18-,19+,22+/m1/s1. The minimum Gasteiger partial charge on any atom is -0.497 e. The number of anilines is 1. The normalized spacial score (nSPS) is 22.5. The Balaban J connectivity index is 1.53. The van der Waals surface area contributed by atoms with Gasteiger partial charge in [0.2, 0.25) is 5.95 Å². The number of aryl methyl sites for hydroxylation is 1. The number of aromatic nitrogens is 3. The maximum atomic E-state index is 12.9. The molecule has 0 aliphatic carbocycles. The molecular formula is C24H26N4O2. The Morgan fingerprint density at radius 1 is 1.10 bits per heavy atom. The van der Waals surface area contributed by atoms with E-state index in [-0.39, 0.29) is 11.6 Å². The number of piperidine rings is 1. The van der Waals surface area contributed by atoms with E-state index in [2.05, 4.69) is 33.1 Å². The first-order chi connectivity index (χ1) is 14.6. The molecule has 5 rings (SSSR count). The molecular weight excluding hydrogens is 376 g/mol. The molecule has 2 aromatic heterocycles. The maximum Gasteiger partial charge on any atom is 0.251 e. The van der Waals surface area contributed by atoms with Crippen LogP contribution in [0.25, 0.3) is 0 Å². The Labute approximate surface area is 176 Å². The Kier molecular flexibility index (Phi) is 4.77. The Bertz CT molecular complexity index is 1110. The SMILES string of the molecule is COc1cccc(C[C@H]2[C@H]3C[C@H](CN(c4ncc(C)cn4)C3)c3cccc(=O)n32)c1. The van der Waals surface area contributed by atoms with Gasteiger partial charge < -0.3 is 14.2 Å². The minimum absolute atomic E-state index is 0.0927. The summed E-state index contributed by atoms with van der Waals surface area (Å²) in [6.07, 6.45) is 5.63. The zero-order chi connectivity index (χ0) is 20.7. The van der Waals surface area contributed by atoms with Gasteiger partial charge in [-0.3, -0.25) is 4.79 Å². The second-order valence-electron chi connectivity index (χ2n) is 8.44. The van der Waals surface area contributed by atoms with Gasteiger partial charge in [-0.05, 0) is 55.0 Å². The number of rotatable bonds is 4. The first-order valence-corrected chi connectivity index (χ1v) is 10.5. The van der Waals surface area contributed by atoms with Crippen LogP contribution in [0.1, 0.15) is 35.2 Å². The van der Waals surface area contributed by atoms with Crippen LogP contribution >= 0.6 is 0 Å². The van der Waals surface area contributed by atoms with Crippen LogP contribution in [0.2, 0.25) is 0 Å². The number of fused-ring (bicyclic) bond motifs is 4. The van der Waals surface area contributed by atoms with E-state index < -0.39 is 0 Å². The largest absolute Gasteiger partial charge is 0.497 e. The van der Waals surface area contributed by atoms with E-state index in [9.17, 15) is 4.79 Å². The van der Waals surface area contributed by atoms with E-state index in [1.54, 1.807) is 13.2 Å². The van der Waals surface area contributed by atoms with Crippen molar-refractivity contribution in [3.8, 4) is 5.75 Å². The fraction of sp³-hybridized carbons (Fsp3) is 0.375. The summed E-state index contributed by atoms with van der Waals surface area (Å²) >= 11 is 0. The first-order valence-electron chi connectivity index (χ1n) is 10.5. The third-order valence-corrected chi connectivity index (χ3v) is 6.43. The van der Waals surface area contributed by atoms with Crippen LogP contribution < -0.4 is 15.2 Å². The van der Waals surface area contributed by atoms with Crippen molar-refractivity contribution < 1.29 is 4.74 Å². The molecule has 3 aromatic rings. The lowest BCUT2D eigenvalue weighted by atomic mass is 9.76. The monoisotopic (exact) mass is 402 g/mol. The zero-order valence-electron chi connectivity index (χ0n) is 17.4. The highest BCUT2D eigenvalue weighted by Crippen LogP contribution is 2.43. The van der Waals surface area contributed by atoms with Crippen molar-refractivity contribution in [1.82, 2.24) is 14.5 Å². The lowest BCUT2D eigenvalue weighted by molar-refractivity contribution is 0.210. The molecule has 2 bridgehead atoms. The third-order valence-electron chi connectivity index (χ3n) is 6.43. The topological polar surface area (TPSA) is 60.2 Å². The van der Waals surface area contributed by atoms with Gasteiger partial charge in [-0.25, -0.2) is 9.97 Å². The average Bonchev–Trinajstić information content (AvgIpc) is 2.77. The molecule has 0 amide bonds. The zero-order valence-corrected chi connectivity index (χ0v) is 17.4. The van der Waals surface area contributed by atoms with Crippen LogP contribution in [0.4, 0.5) is 5.95 Å². The second kappa shape index (κ2) is 7.59. The molecule has 2 aliphatic rings. The molecule has 6 nitrogen and oxygen atoms in total. The van der Waals surface area contributed by atoms with Crippen molar-refractivity contribution in [3.63, 3.8) is 0 Å². The van der Waals surface area contributed by atoms with Crippen LogP contribution in [0.3, 0.4) is 0 Å². The second-order valence-corrected chi connectivity index (χ2v) is 8.44. The van der Waals surface area contributed by atoms with Gasteiger partial charge in [-0.15, -0.1) is 0 Å². The molecule has 4 heterocycles. The van der Waals surface area contributed by atoms with Gasteiger partial charge >= 0.3 is 0 Å². The van der Waals surface area contributed by atoms with Crippen molar-refractivity contribution >= 4 is 5.95 Å². The molecule has 0 N–H and O–H groups in total. The van der Waals surface area contributed by atoms with Gasteiger partial charge in [0.05, 0.1) is 7.11 Å². The summed E-state index contributed by atoms with van der Waals surface area (Å²) in [5.74, 6) is 2.29. The smallest absolute Gasteiger partial charge is 0.251 e. The molecule has 0 unspecified atom stereocenters. The molecule has 0 radical (unpaired) electrons. The molecule has 30 heavy (non-hydrogen) atoms. The van der Waals surface area contributed by atoms with E-state index >= 15 is 0 Å². The van der Waals surface area contributed by atoms with Crippen LogP contribution in [0.15, 0.2) is 59.7 Å². The number of ether oxygens (including phenoxy) is 1. The Hall–Kier alpha value is -3.15. The predicted octanol–water partition coefficient (Wildman–Crippen LogP) is 3.36. The van der Waals surface area contributed by atoms with E-state index in [1.807, 2.05) is 42.1 Å². The molecule has 3 atom stereocenters. The quantitative estimate of drug-likeness (QED) is 0.670. The molecule has 1 saturated heterocycles. The van der Waals surface area contributed by atoms with Gasteiger partial charge in [0, 0.05) is 49.2 Å². The number of pyridine rings is 1. The molecule has 1 fully saturated rings. The lowest BCUT2D eigenvalue weighted by Gasteiger charge is -2.47.